The Morgan fingerprint density at radius 3 is 1.85 bits per heavy atom. The summed E-state index contributed by atoms with van der Waals surface area (Å²) in [6.45, 7) is 22.3. The number of hydrogen-bond acceptors (Lipinski definition) is 3. The van der Waals surface area contributed by atoms with Crippen molar-refractivity contribution >= 4 is 0 Å². The first-order valence-corrected chi connectivity index (χ1v) is 10.2. The molecule has 1 aromatic rings. The minimum absolute atomic E-state index is 0.251. The summed E-state index contributed by atoms with van der Waals surface area (Å²) in [4.78, 5) is 5.19. The van der Waals surface area contributed by atoms with E-state index >= 15 is 0 Å². The zero-order chi connectivity index (χ0) is 19.2. The van der Waals surface area contributed by atoms with Gasteiger partial charge in [-0.15, -0.1) is 0 Å². The molecule has 0 unspecified atom stereocenters. The second kappa shape index (κ2) is 9.34. The largest absolute Gasteiger partial charge is 0.381 e. The van der Waals surface area contributed by atoms with Crippen LogP contribution >= 0.6 is 0 Å². The van der Waals surface area contributed by atoms with Gasteiger partial charge in [-0.2, -0.15) is 0 Å². The summed E-state index contributed by atoms with van der Waals surface area (Å²) in [5, 5.41) is 0. The average Bonchev–Trinajstić information content (AvgIpc) is 2.53. The predicted octanol–water partition coefficient (Wildman–Crippen LogP) is 4.46. The standard InChI is InChI=1S/C23H40N2O/c1-22(2,3)18-25-14-12-24(13-15-25)17-21-9-7-20(8-10-21)11-16-26-19-23(4,5)6/h7-10H,11-19H2,1-6H3. The van der Waals surface area contributed by atoms with E-state index in [0.29, 0.717) is 5.41 Å². The Balaban J connectivity index is 1.69. The molecule has 1 saturated heterocycles. The van der Waals surface area contributed by atoms with E-state index in [1.165, 1.54) is 43.9 Å². The molecule has 0 N–H and O–H groups in total. The van der Waals surface area contributed by atoms with Gasteiger partial charge >= 0.3 is 0 Å². The van der Waals surface area contributed by atoms with Gasteiger partial charge in [0, 0.05) is 39.3 Å². The third-order valence-electron chi connectivity index (χ3n) is 4.66. The first-order valence-electron chi connectivity index (χ1n) is 10.2. The minimum Gasteiger partial charge on any atom is -0.381 e. The van der Waals surface area contributed by atoms with Crippen LogP contribution in [0, 0.1) is 10.8 Å². The molecule has 2 rings (SSSR count). The van der Waals surface area contributed by atoms with Gasteiger partial charge in [0.05, 0.1) is 13.2 Å². The monoisotopic (exact) mass is 360 g/mol. The van der Waals surface area contributed by atoms with Crippen LogP contribution in [0.2, 0.25) is 0 Å². The molecule has 0 radical (unpaired) electrons. The van der Waals surface area contributed by atoms with Crippen LogP contribution in [0.15, 0.2) is 24.3 Å². The average molecular weight is 361 g/mol. The highest BCUT2D eigenvalue weighted by atomic mass is 16.5. The molecule has 1 aliphatic heterocycles. The highest BCUT2D eigenvalue weighted by Crippen LogP contribution is 2.17. The van der Waals surface area contributed by atoms with Crippen molar-refractivity contribution in [3.05, 3.63) is 35.4 Å². The van der Waals surface area contributed by atoms with Gasteiger partial charge in [-0.3, -0.25) is 4.90 Å². The molecule has 0 aliphatic carbocycles. The van der Waals surface area contributed by atoms with E-state index in [2.05, 4.69) is 75.6 Å². The second-order valence-electron chi connectivity index (χ2n) is 10.3. The van der Waals surface area contributed by atoms with Gasteiger partial charge < -0.3 is 9.64 Å². The fourth-order valence-electron chi connectivity index (χ4n) is 3.41. The molecule has 0 spiro atoms. The van der Waals surface area contributed by atoms with Crippen molar-refractivity contribution in [2.45, 2.75) is 54.5 Å². The van der Waals surface area contributed by atoms with Gasteiger partial charge in [-0.25, -0.2) is 0 Å². The summed E-state index contributed by atoms with van der Waals surface area (Å²) in [5.74, 6) is 0. The van der Waals surface area contributed by atoms with E-state index in [-0.39, 0.29) is 5.41 Å². The van der Waals surface area contributed by atoms with E-state index in [1.54, 1.807) is 0 Å². The van der Waals surface area contributed by atoms with Gasteiger partial charge in [-0.1, -0.05) is 65.8 Å². The van der Waals surface area contributed by atoms with Gasteiger partial charge in [0.15, 0.2) is 0 Å². The molecule has 26 heavy (non-hydrogen) atoms. The minimum atomic E-state index is 0.251. The first kappa shape index (κ1) is 21.4. The van der Waals surface area contributed by atoms with E-state index < -0.39 is 0 Å². The summed E-state index contributed by atoms with van der Waals surface area (Å²) >= 11 is 0. The van der Waals surface area contributed by atoms with Gasteiger partial charge in [-0.05, 0) is 28.4 Å². The van der Waals surface area contributed by atoms with Crippen molar-refractivity contribution < 1.29 is 4.74 Å². The smallest absolute Gasteiger partial charge is 0.0514 e. The summed E-state index contributed by atoms with van der Waals surface area (Å²) in [5.41, 5.74) is 3.45. The molecular weight excluding hydrogens is 320 g/mol. The third kappa shape index (κ3) is 8.66. The Morgan fingerprint density at radius 2 is 1.31 bits per heavy atom. The lowest BCUT2D eigenvalue weighted by atomic mass is 9.96. The molecule has 0 bridgehead atoms. The number of ether oxygens (including phenoxy) is 1. The highest BCUT2D eigenvalue weighted by molar-refractivity contribution is 5.22. The number of piperazine rings is 1. The molecule has 0 atom stereocenters. The van der Waals surface area contributed by atoms with Crippen LogP contribution in [-0.2, 0) is 17.7 Å². The van der Waals surface area contributed by atoms with Crippen molar-refractivity contribution in [3.8, 4) is 0 Å². The molecule has 1 fully saturated rings. The SMILES string of the molecule is CC(C)(C)COCCc1ccc(CN2CCN(CC(C)(C)C)CC2)cc1. The van der Waals surface area contributed by atoms with Crippen molar-refractivity contribution in [3.63, 3.8) is 0 Å². The molecule has 3 nitrogen and oxygen atoms in total. The number of benzene rings is 1. The summed E-state index contributed by atoms with van der Waals surface area (Å²) in [7, 11) is 0. The van der Waals surface area contributed by atoms with Crippen LogP contribution in [-0.4, -0.2) is 55.7 Å². The second-order valence-corrected chi connectivity index (χ2v) is 10.3. The third-order valence-corrected chi connectivity index (χ3v) is 4.66. The van der Waals surface area contributed by atoms with Crippen LogP contribution in [0.5, 0.6) is 0 Å². The van der Waals surface area contributed by atoms with Crippen molar-refractivity contribution in [2.75, 3.05) is 45.9 Å². The fourth-order valence-corrected chi connectivity index (χ4v) is 3.41. The highest BCUT2D eigenvalue weighted by Gasteiger charge is 2.21. The molecular formula is C23H40N2O. The van der Waals surface area contributed by atoms with E-state index in [1.807, 2.05) is 0 Å². The van der Waals surface area contributed by atoms with Crippen LogP contribution in [0.1, 0.15) is 52.7 Å². The van der Waals surface area contributed by atoms with Crippen LogP contribution in [0.25, 0.3) is 0 Å². The molecule has 0 amide bonds. The molecule has 1 heterocycles. The number of rotatable bonds is 7. The molecule has 0 aromatic heterocycles. The molecule has 0 saturated carbocycles. The first-order chi connectivity index (χ1) is 12.1. The van der Waals surface area contributed by atoms with Crippen LogP contribution in [0.4, 0.5) is 0 Å². The van der Waals surface area contributed by atoms with E-state index in [0.717, 1.165) is 26.2 Å². The lowest BCUT2D eigenvalue weighted by Crippen LogP contribution is -2.48. The molecule has 148 valence electrons. The quantitative estimate of drug-likeness (QED) is 0.668. The normalized spacial score (nSPS) is 17.6. The Labute approximate surface area is 161 Å². The molecule has 1 aromatic carbocycles. The van der Waals surface area contributed by atoms with E-state index in [4.69, 9.17) is 4.74 Å². The maximum Gasteiger partial charge on any atom is 0.0514 e. The Morgan fingerprint density at radius 1 is 0.769 bits per heavy atom. The maximum atomic E-state index is 5.79. The topological polar surface area (TPSA) is 15.7 Å². The zero-order valence-corrected chi connectivity index (χ0v) is 18.0. The molecule has 3 heteroatoms. The lowest BCUT2D eigenvalue weighted by Gasteiger charge is -2.37. The molecule has 1 aliphatic rings. The maximum absolute atomic E-state index is 5.79. The number of nitrogens with zero attached hydrogens (tertiary/aromatic N) is 2. The van der Waals surface area contributed by atoms with Gasteiger partial charge in [0.1, 0.15) is 0 Å². The summed E-state index contributed by atoms with van der Waals surface area (Å²) in [6, 6.07) is 9.12. The fraction of sp³-hybridized carbons (Fsp3) is 0.739. The summed E-state index contributed by atoms with van der Waals surface area (Å²) < 4.78 is 5.79. The van der Waals surface area contributed by atoms with Crippen LogP contribution in [0.3, 0.4) is 0 Å². The predicted molar refractivity (Wildman–Crippen MR) is 112 cm³/mol. The van der Waals surface area contributed by atoms with Crippen LogP contribution < -0.4 is 0 Å². The van der Waals surface area contributed by atoms with Crippen molar-refractivity contribution in [2.24, 2.45) is 10.8 Å². The zero-order valence-electron chi connectivity index (χ0n) is 18.0. The number of hydrogen-bond donors (Lipinski definition) is 0. The summed E-state index contributed by atoms with van der Waals surface area (Å²) in [6.07, 6.45) is 1.00. The Hall–Kier alpha value is -0.900. The van der Waals surface area contributed by atoms with E-state index in [9.17, 15) is 0 Å². The van der Waals surface area contributed by atoms with Crippen molar-refractivity contribution in [1.82, 2.24) is 9.80 Å². The van der Waals surface area contributed by atoms with Crippen molar-refractivity contribution in [1.29, 1.82) is 0 Å². The Bertz CT molecular complexity index is 517. The van der Waals surface area contributed by atoms with Gasteiger partial charge in [0.2, 0.25) is 0 Å². The Kier molecular flexibility index (Phi) is 7.69. The van der Waals surface area contributed by atoms with Gasteiger partial charge in [0.25, 0.3) is 0 Å². The lowest BCUT2D eigenvalue weighted by molar-refractivity contribution is 0.0733.